The highest BCUT2D eigenvalue weighted by Crippen LogP contribution is 2.33. The van der Waals surface area contributed by atoms with Gasteiger partial charge in [0.1, 0.15) is 0 Å². The summed E-state index contributed by atoms with van der Waals surface area (Å²) in [6, 6.07) is 0. The molecule has 0 aromatic heterocycles. The average Bonchev–Trinajstić information content (AvgIpc) is 2.27. The van der Waals surface area contributed by atoms with Gasteiger partial charge in [-0.2, -0.15) is 0 Å². The van der Waals surface area contributed by atoms with Gasteiger partial charge >= 0.3 is 0 Å². The predicted molar refractivity (Wildman–Crippen MR) is 60.0 cm³/mol. The molecule has 1 spiro atoms. The van der Waals surface area contributed by atoms with Crippen LogP contribution < -0.4 is 5.32 Å². The smallest absolute Gasteiger partial charge is 0.0933 e. The molecule has 2 rings (SSSR count). The molecule has 2 fully saturated rings. The van der Waals surface area contributed by atoms with Gasteiger partial charge in [0.2, 0.25) is 0 Å². The van der Waals surface area contributed by atoms with E-state index >= 15 is 0 Å². The Morgan fingerprint density at radius 1 is 1.40 bits per heavy atom. The van der Waals surface area contributed by atoms with Crippen LogP contribution in [0.2, 0.25) is 0 Å². The molecule has 1 heterocycles. The first kappa shape index (κ1) is 11.4. The van der Waals surface area contributed by atoms with Crippen LogP contribution in [-0.2, 0) is 9.47 Å². The summed E-state index contributed by atoms with van der Waals surface area (Å²) in [6.45, 7) is 4.87. The van der Waals surface area contributed by atoms with E-state index in [1.807, 2.05) is 0 Å². The van der Waals surface area contributed by atoms with E-state index in [0.29, 0.717) is 6.61 Å². The third-order valence-corrected chi connectivity index (χ3v) is 3.88. The van der Waals surface area contributed by atoms with Gasteiger partial charge in [0.15, 0.2) is 0 Å². The molecule has 88 valence electrons. The fourth-order valence-electron chi connectivity index (χ4n) is 2.65. The summed E-state index contributed by atoms with van der Waals surface area (Å²) in [5.41, 5.74) is 0.288. The number of morpholine rings is 1. The Kier molecular flexibility index (Phi) is 3.65. The van der Waals surface area contributed by atoms with Crippen molar-refractivity contribution in [2.75, 3.05) is 26.9 Å². The number of hydrogen-bond donors (Lipinski definition) is 1. The molecule has 0 bridgehead atoms. The first-order valence-corrected chi connectivity index (χ1v) is 6.10. The minimum absolute atomic E-state index is 0.250. The van der Waals surface area contributed by atoms with Gasteiger partial charge in [-0.05, 0) is 31.6 Å². The normalized spacial score (nSPS) is 42.0. The van der Waals surface area contributed by atoms with Gasteiger partial charge in [-0.25, -0.2) is 0 Å². The first-order valence-electron chi connectivity index (χ1n) is 6.10. The Labute approximate surface area is 92.5 Å². The summed E-state index contributed by atoms with van der Waals surface area (Å²) in [4.78, 5) is 0. The highest BCUT2D eigenvalue weighted by Gasteiger charge is 2.37. The van der Waals surface area contributed by atoms with Crippen molar-refractivity contribution in [3.63, 3.8) is 0 Å². The maximum absolute atomic E-state index is 5.86. The molecule has 1 saturated heterocycles. The lowest BCUT2D eigenvalue weighted by atomic mass is 9.77. The Balaban J connectivity index is 1.81. The standard InChI is InChI=1S/C12H23NO2/c1-10-3-5-12(6-4-10)9-15-11(7-13-12)8-14-2/h10-11,13H,3-9H2,1-2H3. The second-order valence-corrected chi connectivity index (χ2v) is 5.23. The average molecular weight is 213 g/mol. The molecule has 0 aromatic rings. The summed E-state index contributed by atoms with van der Waals surface area (Å²) in [6.07, 6.45) is 5.47. The van der Waals surface area contributed by atoms with E-state index in [2.05, 4.69) is 12.2 Å². The van der Waals surface area contributed by atoms with Crippen LogP contribution in [0.4, 0.5) is 0 Å². The van der Waals surface area contributed by atoms with Crippen LogP contribution in [0.15, 0.2) is 0 Å². The summed E-state index contributed by atoms with van der Waals surface area (Å²) in [5.74, 6) is 0.897. The minimum Gasteiger partial charge on any atom is -0.382 e. The zero-order chi connectivity index (χ0) is 10.7. The van der Waals surface area contributed by atoms with Crippen LogP contribution in [0.5, 0.6) is 0 Å². The lowest BCUT2D eigenvalue weighted by molar-refractivity contribution is -0.0743. The molecule has 1 aliphatic heterocycles. The van der Waals surface area contributed by atoms with E-state index in [1.165, 1.54) is 25.7 Å². The molecular formula is C12H23NO2. The van der Waals surface area contributed by atoms with E-state index in [-0.39, 0.29) is 11.6 Å². The lowest BCUT2D eigenvalue weighted by Crippen LogP contribution is -2.59. The molecular weight excluding hydrogens is 190 g/mol. The van der Waals surface area contributed by atoms with Crippen LogP contribution in [0, 0.1) is 5.92 Å². The van der Waals surface area contributed by atoms with E-state index < -0.39 is 0 Å². The molecule has 0 amide bonds. The number of rotatable bonds is 2. The molecule has 1 saturated carbocycles. The minimum atomic E-state index is 0.250. The molecule has 3 nitrogen and oxygen atoms in total. The summed E-state index contributed by atoms with van der Waals surface area (Å²) in [5, 5.41) is 3.68. The number of hydrogen-bond acceptors (Lipinski definition) is 3. The zero-order valence-corrected chi connectivity index (χ0v) is 9.92. The zero-order valence-electron chi connectivity index (χ0n) is 9.92. The molecule has 0 aromatic carbocycles. The number of ether oxygens (including phenoxy) is 2. The van der Waals surface area contributed by atoms with Crippen molar-refractivity contribution in [1.29, 1.82) is 0 Å². The molecule has 1 atom stereocenters. The van der Waals surface area contributed by atoms with Gasteiger partial charge in [0, 0.05) is 19.2 Å². The largest absolute Gasteiger partial charge is 0.382 e. The summed E-state index contributed by atoms with van der Waals surface area (Å²) < 4.78 is 11.0. The van der Waals surface area contributed by atoms with Crippen LogP contribution in [0.25, 0.3) is 0 Å². The van der Waals surface area contributed by atoms with Crippen molar-refractivity contribution < 1.29 is 9.47 Å². The predicted octanol–water partition coefficient (Wildman–Crippen LogP) is 1.57. The molecule has 1 N–H and O–H groups in total. The van der Waals surface area contributed by atoms with Crippen molar-refractivity contribution in [3.8, 4) is 0 Å². The van der Waals surface area contributed by atoms with E-state index in [4.69, 9.17) is 9.47 Å². The molecule has 1 unspecified atom stereocenters. The van der Waals surface area contributed by atoms with E-state index in [1.54, 1.807) is 7.11 Å². The molecule has 15 heavy (non-hydrogen) atoms. The second kappa shape index (κ2) is 4.81. The van der Waals surface area contributed by atoms with Gasteiger partial charge in [-0.15, -0.1) is 0 Å². The van der Waals surface area contributed by atoms with Crippen LogP contribution in [0.1, 0.15) is 32.6 Å². The third-order valence-electron chi connectivity index (χ3n) is 3.88. The summed E-state index contributed by atoms with van der Waals surface area (Å²) >= 11 is 0. The Bertz CT molecular complexity index is 190. The fraction of sp³-hybridized carbons (Fsp3) is 1.00. The topological polar surface area (TPSA) is 30.5 Å². The Hall–Kier alpha value is -0.120. The van der Waals surface area contributed by atoms with Crippen molar-refractivity contribution in [3.05, 3.63) is 0 Å². The van der Waals surface area contributed by atoms with E-state index in [9.17, 15) is 0 Å². The molecule has 3 heteroatoms. The van der Waals surface area contributed by atoms with Crippen molar-refractivity contribution in [2.24, 2.45) is 5.92 Å². The molecule has 0 radical (unpaired) electrons. The van der Waals surface area contributed by atoms with Gasteiger partial charge in [0.05, 0.1) is 19.3 Å². The second-order valence-electron chi connectivity index (χ2n) is 5.23. The fourth-order valence-corrected chi connectivity index (χ4v) is 2.65. The Morgan fingerprint density at radius 3 is 2.67 bits per heavy atom. The highest BCUT2D eigenvalue weighted by atomic mass is 16.5. The monoisotopic (exact) mass is 213 g/mol. The van der Waals surface area contributed by atoms with Gasteiger partial charge in [-0.3, -0.25) is 0 Å². The lowest BCUT2D eigenvalue weighted by Gasteiger charge is -2.45. The highest BCUT2D eigenvalue weighted by molar-refractivity contribution is 4.95. The van der Waals surface area contributed by atoms with Crippen molar-refractivity contribution >= 4 is 0 Å². The van der Waals surface area contributed by atoms with Gasteiger partial charge in [-0.1, -0.05) is 6.92 Å². The van der Waals surface area contributed by atoms with Gasteiger partial charge < -0.3 is 14.8 Å². The number of nitrogens with one attached hydrogen (secondary N) is 1. The van der Waals surface area contributed by atoms with Crippen molar-refractivity contribution in [2.45, 2.75) is 44.2 Å². The van der Waals surface area contributed by atoms with Crippen LogP contribution >= 0.6 is 0 Å². The number of methoxy groups -OCH3 is 1. The summed E-state index contributed by atoms with van der Waals surface area (Å²) in [7, 11) is 1.73. The maximum atomic E-state index is 5.86. The van der Waals surface area contributed by atoms with Crippen molar-refractivity contribution in [1.82, 2.24) is 5.32 Å². The quantitative estimate of drug-likeness (QED) is 0.755. The van der Waals surface area contributed by atoms with Crippen LogP contribution in [0.3, 0.4) is 0 Å². The van der Waals surface area contributed by atoms with E-state index in [0.717, 1.165) is 19.1 Å². The third kappa shape index (κ3) is 2.71. The van der Waals surface area contributed by atoms with Crippen LogP contribution in [-0.4, -0.2) is 38.5 Å². The SMILES string of the molecule is COCC1CNC2(CCC(C)CC2)CO1. The molecule has 1 aliphatic carbocycles. The maximum Gasteiger partial charge on any atom is 0.0933 e. The van der Waals surface area contributed by atoms with Gasteiger partial charge in [0.25, 0.3) is 0 Å². The first-order chi connectivity index (χ1) is 7.24. The molecule has 2 aliphatic rings. The Morgan fingerprint density at radius 2 is 2.13 bits per heavy atom.